The third-order valence-corrected chi connectivity index (χ3v) is 18.3. The maximum Gasteiger partial charge on any atom is 0.472 e. The number of allylic oxidation sites excluding steroid dienone is 36. The molecule has 0 aromatic heterocycles. The van der Waals surface area contributed by atoms with Crippen molar-refractivity contribution in [2.24, 2.45) is 0 Å². The highest BCUT2D eigenvalue weighted by Crippen LogP contribution is 2.45. The van der Waals surface area contributed by atoms with Crippen LogP contribution in [0.1, 0.15) is 285 Å². The summed E-state index contributed by atoms with van der Waals surface area (Å²) in [7, 11) is -10.0. The summed E-state index contributed by atoms with van der Waals surface area (Å²) in [5.41, 5.74) is 0. The van der Waals surface area contributed by atoms with Gasteiger partial charge in [-0.25, -0.2) is 9.13 Å². The summed E-state index contributed by atoms with van der Waals surface area (Å²) in [6, 6.07) is 0. The molecule has 0 bridgehead atoms. The van der Waals surface area contributed by atoms with Gasteiger partial charge in [0.15, 0.2) is 12.2 Å². The van der Waals surface area contributed by atoms with Crippen molar-refractivity contribution >= 4 is 39.5 Å². The molecule has 17 nitrogen and oxygen atoms in total. The number of phosphoric ester groups is 2. The second-order valence-electron chi connectivity index (χ2n) is 26.9. The van der Waals surface area contributed by atoms with E-state index in [0.29, 0.717) is 38.5 Å². The fourth-order valence-corrected chi connectivity index (χ4v) is 11.7. The maximum absolute atomic E-state index is 13.1. The third kappa shape index (κ3) is 81.4. The van der Waals surface area contributed by atoms with Gasteiger partial charge >= 0.3 is 39.5 Å². The highest BCUT2D eigenvalue weighted by molar-refractivity contribution is 7.47. The Kier molecular flexibility index (Phi) is 77.5. The number of phosphoric acid groups is 2. The van der Waals surface area contributed by atoms with Crippen molar-refractivity contribution in [1.29, 1.82) is 0 Å². The predicted molar refractivity (Wildman–Crippen MR) is 463 cm³/mol. The van der Waals surface area contributed by atoms with Crippen LogP contribution in [0.2, 0.25) is 0 Å². The van der Waals surface area contributed by atoms with Gasteiger partial charge in [0.05, 0.1) is 26.4 Å². The van der Waals surface area contributed by atoms with Gasteiger partial charge in [0, 0.05) is 25.7 Å². The van der Waals surface area contributed by atoms with Crippen LogP contribution in [0.15, 0.2) is 219 Å². The summed E-state index contributed by atoms with van der Waals surface area (Å²) in [5.74, 6) is -2.40. The van der Waals surface area contributed by atoms with Crippen LogP contribution >= 0.6 is 15.6 Å². The van der Waals surface area contributed by atoms with Crippen LogP contribution in [0, 0.1) is 0 Å². The van der Waals surface area contributed by atoms with Crippen molar-refractivity contribution < 1.29 is 80.2 Å². The number of esters is 4. The quantitative estimate of drug-likeness (QED) is 0.0169. The van der Waals surface area contributed by atoms with Crippen LogP contribution in [0.3, 0.4) is 0 Å². The van der Waals surface area contributed by atoms with Gasteiger partial charge in [-0.1, -0.05) is 291 Å². The van der Waals surface area contributed by atoms with Crippen LogP contribution in [-0.4, -0.2) is 96.7 Å². The average Bonchev–Trinajstić information content (AvgIpc) is 0.898. The molecular weight excluding hydrogens is 1450 g/mol. The zero-order chi connectivity index (χ0) is 81.7. The van der Waals surface area contributed by atoms with Gasteiger partial charge in [0.25, 0.3) is 0 Å². The summed E-state index contributed by atoms with van der Waals surface area (Å²) in [6.45, 7) is 4.29. The molecule has 19 heteroatoms. The van der Waals surface area contributed by atoms with E-state index in [4.69, 9.17) is 37.0 Å². The number of unbranched alkanes of at least 4 members (excludes halogenated alkanes) is 14. The summed E-state index contributed by atoms with van der Waals surface area (Å²) in [4.78, 5) is 73.2. The van der Waals surface area contributed by atoms with Gasteiger partial charge in [-0.05, 0) is 186 Å². The van der Waals surface area contributed by atoms with E-state index in [-0.39, 0.29) is 25.7 Å². The summed E-state index contributed by atoms with van der Waals surface area (Å²) in [5, 5.41) is 10.7. The Morgan fingerprint density at radius 3 is 0.795 bits per heavy atom. The Balaban J connectivity index is 5.55. The van der Waals surface area contributed by atoms with Gasteiger partial charge in [0.1, 0.15) is 19.3 Å². The van der Waals surface area contributed by atoms with E-state index < -0.39 is 97.5 Å². The Labute approximate surface area is 677 Å². The molecule has 0 saturated heterocycles. The number of hydrogen-bond acceptors (Lipinski definition) is 15. The molecule has 0 aromatic carbocycles. The molecule has 0 saturated carbocycles. The number of aliphatic hydroxyl groups is 1. The van der Waals surface area contributed by atoms with Crippen LogP contribution in [-0.2, 0) is 65.4 Å². The lowest BCUT2D eigenvalue weighted by molar-refractivity contribution is -0.161. The number of carbonyl (C=O) groups excluding carboxylic acids is 4. The first kappa shape index (κ1) is 105. The molecule has 0 fully saturated rings. The number of aliphatic hydroxyl groups excluding tert-OH is 1. The lowest BCUT2D eigenvalue weighted by atomic mass is 10.1. The molecule has 0 aliphatic rings. The second kappa shape index (κ2) is 82.4. The number of ether oxygens (including phenoxy) is 4. The van der Waals surface area contributed by atoms with E-state index in [0.717, 1.165) is 173 Å². The van der Waals surface area contributed by atoms with Gasteiger partial charge < -0.3 is 33.8 Å². The van der Waals surface area contributed by atoms with Crippen LogP contribution in [0.25, 0.3) is 0 Å². The van der Waals surface area contributed by atoms with E-state index in [2.05, 4.69) is 228 Å². The van der Waals surface area contributed by atoms with Crippen LogP contribution in [0.4, 0.5) is 0 Å². The predicted octanol–water partition coefficient (Wildman–Crippen LogP) is 25.2. The SMILES string of the molecule is CC/C=C\C/C=C\C/C=C\C/C=C\C/C=C\C/C=C\CCC(=O)OCC(COP(=O)(O)OCC(O)COP(=O)(O)OCC(COC(=O)CCCCC/C=C\C/C=C\C/C=C\C/C=C\C/C=C\CC)OC(=O)CCCC/C=C\C/C=C\C/C=C\C/C=C\CC)OC(=O)CCCCCCCC/C=C\C/C=C\C/C=C\CCCCC. The first-order valence-corrected chi connectivity index (χ1v) is 45.0. The number of hydrogen-bond donors (Lipinski definition) is 3. The van der Waals surface area contributed by atoms with Crippen molar-refractivity contribution in [3.63, 3.8) is 0 Å². The molecule has 5 unspecified atom stereocenters. The Morgan fingerprint density at radius 2 is 0.482 bits per heavy atom. The van der Waals surface area contributed by atoms with Crippen molar-refractivity contribution in [3.8, 4) is 0 Å². The fourth-order valence-electron chi connectivity index (χ4n) is 10.2. The minimum atomic E-state index is -5.02. The normalized spacial score (nSPS) is 14.9. The molecule has 112 heavy (non-hydrogen) atoms. The molecule has 0 radical (unpaired) electrons. The number of rotatable bonds is 76. The van der Waals surface area contributed by atoms with Gasteiger partial charge in [-0.2, -0.15) is 0 Å². The summed E-state index contributed by atoms with van der Waals surface area (Å²) in [6.07, 6.45) is 105. The van der Waals surface area contributed by atoms with E-state index in [1.807, 2.05) is 18.2 Å². The first-order valence-electron chi connectivity index (χ1n) is 42.0. The summed E-state index contributed by atoms with van der Waals surface area (Å²) < 4.78 is 68.6. The molecule has 0 aliphatic carbocycles. The molecule has 0 amide bonds. The molecule has 0 spiro atoms. The monoisotopic (exact) mass is 1600 g/mol. The molecule has 0 rings (SSSR count). The largest absolute Gasteiger partial charge is 0.472 e. The van der Waals surface area contributed by atoms with Crippen molar-refractivity contribution in [1.82, 2.24) is 0 Å². The highest BCUT2D eigenvalue weighted by Gasteiger charge is 2.30. The fraction of sp³-hybridized carbons (Fsp3) is 0.570. The molecule has 0 heterocycles. The van der Waals surface area contributed by atoms with Gasteiger partial charge in [-0.3, -0.25) is 37.3 Å². The van der Waals surface area contributed by atoms with Crippen LogP contribution in [0.5, 0.6) is 0 Å². The second-order valence-corrected chi connectivity index (χ2v) is 29.8. The Hall–Kier alpha value is -6.62. The summed E-state index contributed by atoms with van der Waals surface area (Å²) >= 11 is 0. The van der Waals surface area contributed by atoms with Gasteiger partial charge in [-0.15, -0.1) is 0 Å². The lowest BCUT2D eigenvalue weighted by Crippen LogP contribution is -2.30. The lowest BCUT2D eigenvalue weighted by Gasteiger charge is -2.21. The zero-order valence-corrected chi connectivity index (χ0v) is 70.8. The topological polar surface area (TPSA) is 237 Å². The van der Waals surface area contributed by atoms with E-state index in [1.54, 1.807) is 0 Å². The molecule has 5 atom stereocenters. The Morgan fingerprint density at radius 1 is 0.259 bits per heavy atom. The third-order valence-electron chi connectivity index (χ3n) is 16.4. The molecule has 0 aliphatic heterocycles. The molecule has 0 aromatic rings. The average molecular weight is 1600 g/mol. The standard InChI is InChI=1S/C93H146O17P2/c1-5-9-13-17-21-25-29-33-37-40-43-46-50-53-57-61-65-69-73-77-90(95)103-83-88(109-92(97)79-75-71-67-63-59-55-49-36-32-28-24-20-16-12-8-4)85-107-111(99,100)105-81-87(94)82-106-112(101,102)108-86-89(110-93(98)80-76-72-68-64-60-56-52-48-45-42-39-35-31-27-23-19-15-11-7-3)84-104-91(96)78-74-70-66-62-58-54-51-47-44-41-38-34-30-26-22-18-14-10-6-2/h9-10,12-14,16,21-28,33-39,43-49,53-54,57-59,63,66,70,87-89,94H,5-8,11,15,17-20,29-32,40-42,50-52,55-56,60-62,64-65,67-69,71-86H2,1-4H3,(H,99,100)(H,101,102)/b13-9-,14-10-,16-12-,25-21-,26-22-,27-23-,28-24-,37-33-,38-34-,39-35-,46-43-,47-44-,48-45-,49-36-,57-53-,58-54-,63-59-,70-66-. The number of carbonyl (C=O) groups is 4. The Bertz CT molecular complexity index is 2990. The molecule has 3 N–H and O–H groups in total. The maximum atomic E-state index is 13.1. The minimum absolute atomic E-state index is 0.0226. The smallest absolute Gasteiger partial charge is 0.462 e. The highest BCUT2D eigenvalue weighted by atomic mass is 31.2. The molecule has 630 valence electrons. The van der Waals surface area contributed by atoms with Crippen molar-refractivity contribution in [2.45, 2.75) is 303 Å². The van der Waals surface area contributed by atoms with Gasteiger partial charge in [0.2, 0.25) is 0 Å². The van der Waals surface area contributed by atoms with Crippen LogP contribution < -0.4 is 0 Å². The zero-order valence-electron chi connectivity index (χ0n) is 69.0. The first-order chi connectivity index (χ1) is 54.7. The van der Waals surface area contributed by atoms with E-state index in [9.17, 15) is 43.2 Å². The molecular formula is C93H146O17P2. The van der Waals surface area contributed by atoms with E-state index in [1.165, 1.54) is 19.3 Å². The minimum Gasteiger partial charge on any atom is -0.462 e. The van der Waals surface area contributed by atoms with E-state index >= 15 is 0 Å². The van der Waals surface area contributed by atoms with Crippen molar-refractivity contribution in [2.75, 3.05) is 39.6 Å². The van der Waals surface area contributed by atoms with Crippen molar-refractivity contribution in [3.05, 3.63) is 219 Å².